The monoisotopic (exact) mass is 251 g/mol. The number of hydrogen-bond donors (Lipinski definition) is 1. The number of aromatic nitrogens is 1. The van der Waals surface area contributed by atoms with E-state index in [-0.39, 0.29) is 11.9 Å². The fraction of sp³-hybridized carbons (Fsp3) is 0.308. The van der Waals surface area contributed by atoms with Gasteiger partial charge in [0.05, 0.1) is 16.8 Å². The van der Waals surface area contributed by atoms with Crippen molar-refractivity contribution in [2.24, 2.45) is 0 Å². The molecule has 2 nitrogen and oxygen atoms in total. The Morgan fingerprint density at radius 2 is 2.06 bits per heavy atom. The lowest BCUT2D eigenvalue weighted by atomic mass is 10.1. The molecule has 2 rings (SSSR count). The standard InChI is InChI=1S/C13H14FNOS/c1-9(16)6-12-8-17-13(15-12)7-10-2-4-11(14)5-3-10/h2-5,8-9,16H,6-7H2,1H3. The third-order valence-corrected chi connectivity index (χ3v) is 3.27. The molecule has 17 heavy (non-hydrogen) atoms. The van der Waals surface area contributed by atoms with Gasteiger partial charge in [0, 0.05) is 18.2 Å². The van der Waals surface area contributed by atoms with Gasteiger partial charge in [0.2, 0.25) is 0 Å². The minimum absolute atomic E-state index is 0.220. The maximum Gasteiger partial charge on any atom is 0.123 e. The molecule has 0 aliphatic rings. The molecule has 90 valence electrons. The Balaban J connectivity index is 2.03. The van der Waals surface area contributed by atoms with Gasteiger partial charge < -0.3 is 5.11 Å². The predicted octanol–water partition coefficient (Wildman–Crippen LogP) is 2.80. The van der Waals surface area contributed by atoms with Crippen LogP contribution in [-0.2, 0) is 12.8 Å². The highest BCUT2D eigenvalue weighted by atomic mass is 32.1. The third-order valence-electron chi connectivity index (χ3n) is 2.37. The molecule has 0 radical (unpaired) electrons. The second-order valence-corrected chi connectivity index (χ2v) is 5.03. The highest BCUT2D eigenvalue weighted by Crippen LogP contribution is 2.16. The van der Waals surface area contributed by atoms with E-state index in [2.05, 4.69) is 4.98 Å². The van der Waals surface area contributed by atoms with Crippen molar-refractivity contribution in [1.29, 1.82) is 0 Å². The van der Waals surface area contributed by atoms with Crippen molar-refractivity contribution in [3.05, 3.63) is 51.7 Å². The van der Waals surface area contributed by atoms with Crippen LogP contribution < -0.4 is 0 Å². The van der Waals surface area contributed by atoms with E-state index < -0.39 is 0 Å². The van der Waals surface area contributed by atoms with Crippen LogP contribution in [0, 0.1) is 5.82 Å². The van der Waals surface area contributed by atoms with Crippen LogP contribution in [0.25, 0.3) is 0 Å². The Bertz CT molecular complexity index is 478. The SMILES string of the molecule is CC(O)Cc1csc(Cc2ccc(F)cc2)n1. The third kappa shape index (κ3) is 3.61. The first-order valence-electron chi connectivity index (χ1n) is 5.49. The molecule has 0 saturated carbocycles. The number of halogens is 1. The summed E-state index contributed by atoms with van der Waals surface area (Å²) in [7, 11) is 0. The molecule has 0 saturated heterocycles. The van der Waals surface area contributed by atoms with Gasteiger partial charge in [0.1, 0.15) is 5.82 Å². The van der Waals surface area contributed by atoms with Crippen LogP contribution >= 0.6 is 11.3 Å². The molecule has 0 spiro atoms. The van der Waals surface area contributed by atoms with Gasteiger partial charge in [-0.3, -0.25) is 0 Å². The van der Waals surface area contributed by atoms with Crippen molar-refractivity contribution in [3.63, 3.8) is 0 Å². The molecule has 4 heteroatoms. The van der Waals surface area contributed by atoms with Crippen molar-refractivity contribution >= 4 is 11.3 Å². The summed E-state index contributed by atoms with van der Waals surface area (Å²) in [5.74, 6) is -0.220. The van der Waals surface area contributed by atoms with E-state index >= 15 is 0 Å². The normalized spacial score (nSPS) is 12.6. The number of hydrogen-bond acceptors (Lipinski definition) is 3. The van der Waals surface area contributed by atoms with Gasteiger partial charge in [-0.1, -0.05) is 12.1 Å². The maximum absolute atomic E-state index is 12.7. The fourth-order valence-electron chi connectivity index (χ4n) is 1.60. The smallest absolute Gasteiger partial charge is 0.123 e. The zero-order chi connectivity index (χ0) is 12.3. The molecule has 1 atom stereocenters. The molecule has 0 amide bonds. The van der Waals surface area contributed by atoms with Gasteiger partial charge in [-0.2, -0.15) is 0 Å². The average molecular weight is 251 g/mol. The number of benzene rings is 1. The molecule has 0 bridgehead atoms. The Hall–Kier alpha value is -1.26. The van der Waals surface area contributed by atoms with E-state index in [0.29, 0.717) is 12.8 Å². The molecule has 1 aromatic heterocycles. The number of aliphatic hydroxyl groups is 1. The zero-order valence-electron chi connectivity index (χ0n) is 9.56. The predicted molar refractivity (Wildman–Crippen MR) is 66.7 cm³/mol. The van der Waals surface area contributed by atoms with Crippen LogP contribution in [0.4, 0.5) is 4.39 Å². The molecule has 0 aliphatic carbocycles. The van der Waals surface area contributed by atoms with Gasteiger partial charge in [0.15, 0.2) is 0 Å². The molecule has 1 heterocycles. The first kappa shape index (κ1) is 12.2. The minimum atomic E-state index is -0.365. The fourth-order valence-corrected chi connectivity index (χ4v) is 2.44. The first-order chi connectivity index (χ1) is 8.13. The van der Waals surface area contributed by atoms with E-state index in [1.54, 1.807) is 30.4 Å². The summed E-state index contributed by atoms with van der Waals surface area (Å²) in [6, 6.07) is 6.45. The molecule has 1 N–H and O–H groups in total. The van der Waals surface area contributed by atoms with Crippen LogP contribution in [0.5, 0.6) is 0 Å². The summed E-state index contributed by atoms with van der Waals surface area (Å²) >= 11 is 1.57. The number of thiazole rings is 1. The van der Waals surface area contributed by atoms with E-state index in [1.807, 2.05) is 5.38 Å². The van der Waals surface area contributed by atoms with E-state index in [0.717, 1.165) is 16.3 Å². The van der Waals surface area contributed by atoms with Gasteiger partial charge in [0.25, 0.3) is 0 Å². The number of aliphatic hydroxyl groups excluding tert-OH is 1. The van der Waals surface area contributed by atoms with Gasteiger partial charge in [-0.15, -0.1) is 11.3 Å². The van der Waals surface area contributed by atoms with Crippen LogP contribution in [-0.4, -0.2) is 16.2 Å². The molecular weight excluding hydrogens is 237 g/mol. The van der Waals surface area contributed by atoms with Gasteiger partial charge in [-0.25, -0.2) is 9.37 Å². The zero-order valence-corrected chi connectivity index (χ0v) is 10.4. The lowest BCUT2D eigenvalue weighted by molar-refractivity contribution is 0.194. The van der Waals surface area contributed by atoms with Crippen molar-refractivity contribution in [2.45, 2.75) is 25.9 Å². The molecule has 2 aromatic rings. The lowest BCUT2D eigenvalue weighted by Crippen LogP contribution is -2.04. The van der Waals surface area contributed by atoms with E-state index in [4.69, 9.17) is 0 Å². The molecular formula is C13H14FNOS. The summed E-state index contributed by atoms with van der Waals surface area (Å²) in [5, 5.41) is 12.2. The van der Waals surface area contributed by atoms with Gasteiger partial charge in [-0.05, 0) is 24.6 Å². The maximum atomic E-state index is 12.7. The highest BCUT2D eigenvalue weighted by Gasteiger charge is 2.05. The molecule has 0 fully saturated rings. The summed E-state index contributed by atoms with van der Waals surface area (Å²) < 4.78 is 12.7. The van der Waals surface area contributed by atoms with Crippen LogP contribution in [0.1, 0.15) is 23.2 Å². The molecule has 1 unspecified atom stereocenters. The second kappa shape index (κ2) is 5.38. The summed E-state index contributed by atoms with van der Waals surface area (Å²) in [4.78, 5) is 4.43. The minimum Gasteiger partial charge on any atom is -0.393 e. The Kier molecular flexibility index (Phi) is 3.86. The summed E-state index contributed by atoms with van der Waals surface area (Å²) in [6.07, 6.45) is 0.931. The van der Waals surface area contributed by atoms with Crippen LogP contribution in [0.2, 0.25) is 0 Å². The summed E-state index contributed by atoms with van der Waals surface area (Å²) in [6.45, 7) is 1.75. The number of rotatable bonds is 4. The van der Waals surface area contributed by atoms with Crippen LogP contribution in [0.3, 0.4) is 0 Å². The lowest BCUT2D eigenvalue weighted by Gasteiger charge is -1.99. The van der Waals surface area contributed by atoms with E-state index in [9.17, 15) is 9.50 Å². The van der Waals surface area contributed by atoms with Crippen molar-refractivity contribution in [1.82, 2.24) is 4.98 Å². The van der Waals surface area contributed by atoms with Crippen molar-refractivity contribution in [3.8, 4) is 0 Å². The topological polar surface area (TPSA) is 33.1 Å². The van der Waals surface area contributed by atoms with Crippen molar-refractivity contribution < 1.29 is 9.50 Å². The van der Waals surface area contributed by atoms with Crippen LogP contribution in [0.15, 0.2) is 29.6 Å². The summed E-state index contributed by atoms with van der Waals surface area (Å²) in [5.41, 5.74) is 1.96. The van der Waals surface area contributed by atoms with Crippen molar-refractivity contribution in [2.75, 3.05) is 0 Å². The number of nitrogens with zero attached hydrogens (tertiary/aromatic N) is 1. The second-order valence-electron chi connectivity index (χ2n) is 4.09. The Labute approximate surface area is 104 Å². The van der Waals surface area contributed by atoms with Gasteiger partial charge >= 0.3 is 0 Å². The largest absolute Gasteiger partial charge is 0.393 e. The molecule has 0 aliphatic heterocycles. The van der Waals surface area contributed by atoms with E-state index in [1.165, 1.54) is 12.1 Å². The first-order valence-corrected chi connectivity index (χ1v) is 6.37. The Morgan fingerprint density at radius 1 is 1.35 bits per heavy atom. The average Bonchev–Trinajstić information content (AvgIpc) is 2.68. The highest BCUT2D eigenvalue weighted by molar-refractivity contribution is 7.09. The Morgan fingerprint density at radius 3 is 2.71 bits per heavy atom. The molecule has 1 aromatic carbocycles. The quantitative estimate of drug-likeness (QED) is 0.906.